The fourth-order valence-electron chi connectivity index (χ4n) is 1.10. The summed E-state index contributed by atoms with van der Waals surface area (Å²) in [6.07, 6.45) is 3.54. The third-order valence-electron chi connectivity index (χ3n) is 1.92. The zero-order chi connectivity index (χ0) is 9.84. The van der Waals surface area contributed by atoms with E-state index in [1.165, 1.54) is 6.08 Å². The van der Waals surface area contributed by atoms with Crippen molar-refractivity contribution in [3.63, 3.8) is 0 Å². The van der Waals surface area contributed by atoms with Gasteiger partial charge in [-0.1, -0.05) is 6.08 Å². The van der Waals surface area contributed by atoms with E-state index in [2.05, 4.69) is 4.74 Å². The van der Waals surface area contributed by atoms with Gasteiger partial charge >= 0.3 is 11.9 Å². The van der Waals surface area contributed by atoms with E-state index in [9.17, 15) is 9.59 Å². The summed E-state index contributed by atoms with van der Waals surface area (Å²) in [6, 6.07) is 0. The van der Waals surface area contributed by atoms with Crippen molar-refractivity contribution in [1.29, 1.82) is 0 Å². The van der Waals surface area contributed by atoms with Gasteiger partial charge in [0.2, 0.25) is 0 Å². The van der Waals surface area contributed by atoms with Crippen LogP contribution in [0.4, 0.5) is 0 Å². The Labute approximate surface area is 76.2 Å². The molecule has 0 aliphatic heterocycles. The fraction of sp³-hybridized carbons (Fsp3) is 0.556. The lowest BCUT2D eigenvalue weighted by Gasteiger charge is -1.93. The number of hydrogen-bond acceptors (Lipinski definition) is 3. The fourth-order valence-corrected chi connectivity index (χ4v) is 1.10. The number of carboxylic acids is 1. The Morgan fingerprint density at radius 3 is 2.77 bits per heavy atom. The summed E-state index contributed by atoms with van der Waals surface area (Å²) in [6.45, 7) is 2.07. The van der Waals surface area contributed by atoms with Crippen LogP contribution in [0, 0.1) is 11.8 Å². The molecule has 0 heterocycles. The van der Waals surface area contributed by atoms with Gasteiger partial charge in [0.25, 0.3) is 0 Å². The Morgan fingerprint density at radius 1 is 1.62 bits per heavy atom. The van der Waals surface area contributed by atoms with Crippen LogP contribution in [0.15, 0.2) is 12.2 Å². The standard InChI is InChI=1S/C9H12O4/c1-2-13-8(10)4-3-6-5-7(6)9(11)12/h3-4,6-7H,2,5H2,1H3,(H,11,12). The third-order valence-corrected chi connectivity index (χ3v) is 1.92. The highest BCUT2D eigenvalue weighted by molar-refractivity contribution is 5.82. The van der Waals surface area contributed by atoms with Crippen LogP contribution in [0.5, 0.6) is 0 Å². The molecule has 0 aromatic carbocycles. The first-order chi connectivity index (χ1) is 6.15. The molecule has 0 aromatic rings. The highest BCUT2D eigenvalue weighted by Gasteiger charge is 2.41. The first kappa shape index (κ1) is 9.77. The molecule has 0 amide bonds. The zero-order valence-corrected chi connectivity index (χ0v) is 7.40. The van der Waals surface area contributed by atoms with Crippen molar-refractivity contribution in [2.24, 2.45) is 11.8 Å². The Bertz CT molecular complexity index is 244. The molecule has 0 saturated heterocycles. The minimum absolute atomic E-state index is 0.0157. The average molecular weight is 184 g/mol. The van der Waals surface area contributed by atoms with Gasteiger partial charge in [0, 0.05) is 6.08 Å². The van der Waals surface area contributed by atoms with Gasteiger partial charge in [-0.05, 0) is 19.3 Å². The third kappa shape index (κ3) is 2.89. The summed E-state index contributed by atoms with van der Waals surface area (Å²) in [5.41, 5.74) is 0. The molecule has 0 aromatic heterocycles. The van der Waals surface area contributed by atoms with Gasteiger partial charge in [-0.3, -0.25) is 4.79 Å². The molecule has 0 bridgehead atoms. The van der Waals surface area contributed by atoms with Crippen LogP contribution in [0.2, 0.25) is 0 Å². The van der Waals surface area contributed by atoms with E-state index in [4.69, 9.17) is 5.11 Å². The normalized spacial score (nSPS) is 25.9. The van der Waals surface area contributed by atoms with E-state index in [1.54, 1.807) is 13.0 Å². The summed E-state index contributed by atoms with van der Waals surface area (Å²) < 4.78 is 4.64. The number of carbonyl (C=O) groups excluding carboxylic acids is 1. The molecule has 0 radical (unpaired) electrons. The first-order valence-electron chi connectivity index (χ1n) is 4.23. The Kier molecular flexibility index (Phi) is 3.06. The maximum atomic E-state index is 10.8. The number of allylic oxidation sites excluding steroid dienone is 1. The summed E-state index contributed by atoms with van der Waals surface area (Å²) in [5.74, 6) is -1.48. The number of hydrogen-bond donors (Lipinski definition) is 1. The van der Waals surface area contributed by atoms with Crippen molar-refractivity contribution in [3.05, 3.63) is 12.2 Å². The van der Waals surface area contributed by atoms with Crippen LogP contribution in [-0.4, -0.2) is 23.7 Å². The van der Waals surface area contributed by atoms with Crippen molar-refractivity contribution in [2.45, 2.75) is 13.3 Å². The molecule has 72 valence electrons. The van der Waals surface area contributed by atoms with Gasteiger partial charge in [0.15, 0.2) is 0 Å². The van der Waals surface area contributed by atoms with E-state index < -0.39 is 11.9 Å². The maximum Gasteiger partial charge on any atom is 0.330 e. The zero-order valence-electron chi connectivity index (χ0n) is 7.40. The second kappa shape index (κ2) is 4.07. The quantitative estimate of drug-likeness (QED) is 0.519. The molecule has 4 heteroatoms. The highest BCUT2D eigenvalue weighted by Crippen LogP contribution is 2.39. The average Bonchev–Trinajstić information content (AvgIpc) is 2.80. The molecule has 4 nitrogen and oxygen atoms in total. The Hall–Kier alpha value is -1.32. The molecular weight excluding hydrogens is 172 g/mol. The largest absolute Gasteiger partial charge is 0.481 e. The van der Waals surface area contributed by atoms with E-state index in [0.29, 0.717) is 13.0 Å². The monoisotopic (exact) mass is 184 g/mol. The van der Waals surface area contributed by atoms with Gasteiger partial charge in [0.05, 0.1) is 12.5 Å². The molecule has 1 rings (SSSR count). The number of esters is 1. The molecular formula is C9H12O4. The molecule has 1 fully saturated rings. The molecule has 1 N–H and O–H groups in total. The van der Waals surface area contributed by atoms with Gasteiger partial charge in [-0.15, -0.1) is 0 Å². The molecule has 1 aliphatic carbocycles. The number of carboxylic acid groups (broad SMARTS) is 1. The van der Waals surface area contributed by atoms with Gasteiger partial charge < -0.3 is 9.84 Å². The number of ether oxygens (including phenoxy) is 1. The number of aliphatic carboxylic acids is 1. The summed E-state index contributed by atoms with van der Waals surface area (Å²) >= 11 is 0. The predicted octanol–water partition coefficient (Wildman–Crippen LogP) is 0.826. The second-order valence-electron chi connectivity index (χ2n) is 2.96. The summed E-state index contributed by atoms with van der Waals surface area (Å²) in [4.78, 5) is 21.2. The topological polar surface area (TPSA) is 63.6 Å². The lowest BCUT2D eigenvalue weighted by Crippen LogP contribution is -2.00. The minimum Gasteiger partial charge on any atom is -0.481 e. The Balaban J connectivity index is 2.27. The molecule has 13 heavy (non-hydrogen) atoms. The van der Waals surface area contributed by atoms with E-state index >= 15 is 0 Å². The predicted molar refractivity (Wildman–Crippen MR) is 45.0 cm³/mol. The van der Waals surface area contributed by atoms with Gasteiger partial charge in [0.1, 0.15) is 0 Å². The van der Waals surface area contributed by atoms with Crippen LogP contribution >= 0.6 is 0 Å². The number of carbonyl (C=O) groups is 2. The van der Waals surface area contributed by atoms with Crippen molar-refractivity contribution in [1.82, 2.24) is 0 Å². The van der Waals surface area contributed by atoms with Crippen molar-refractivity contribution >= 4 is 11.9 Å². The van der Waals surface area contributed by atoms with Crippen LogP contribution < -0.4 is 0 Å². The van der Waals surface area contributed by atoms with E-state index in [-0.39, 0.29) is 11.8 Å². The highest BCUT2D eigenvalue weighted by atomic mass is 16.5. The maximum absolute atomic E-state index is 10.8. The van der Waals surface area contributed by atoms with Crippen LogP contribution in [0.3, 0.4) is 0 Å². The second-order valence-corrected chi connectivity index (χ2v) is 2.96. The molecule has 2 unspecified atom stereocenters. The van der Waals surface area contributed by atoms with Gasteiger partial charge in [-0.2, -0.15) is 0 Å². The lowest BCUT2D eigenvalue weighted by molar-refractivity contribution is -0.139. The lowest BCUT2D eigenvalue weighted by atomic mass is 10.3. The van der Waals surface area contributed by atoms with Crippen LogP contribution in [-0.2, 0) is 14.3 Å². The summed E-state index contributed by atoms with van der Waals surface area (Å²) in [5, 5.41) is 8.54. The molecule has 1 aliphatic rings. The van der Waals surface area contributed by atoms with E-state index in [0.717, 1.165) is 0 Å². The van der Waals surface area contributed by atoms with Crippen LogP contribution in [0.25, 0.3) is 0 Å². The van der Waals surface area contributed by atoms with Crippen molar-refractivity contribution < 1.29 is 19.4 Å². The molecule has 0 spiro atoms. The van der Waals surface area contributed by atoms with Crippen molar-refractivity contribution in [3.8, 4) is 0 Å². The molecule has 2 atom stereocenters. The first-order valence-corrected chi connectivity index (χ1v) is 4.23. The van der Waals surface area contributed by atoms with E-state index in [1.807, 2.05) is 0 Å². The molecule has 1 saturated carbocycles. The van der Waals surface area contributed by atoms with Crippen molar-refractivity contribution in [2.75, 3.05) is 6.61 Å². The Morgan fingerprint density at radius 2 is 2.31 bits per heavy atom. The SMILES string of the molecule is CCOC(=O)C=CC1CC1C(=O)O. The van der Waals surface area contributed by atoms with Crippen LogP contribution in [0.1, 0.15) is 13.3 Å². The van der Waals surface area contributed by atoms with Gasteiger partial charge in [-0.25, -0.2) is 4.79 Å². The smallest absolute Gasteiger partial charge is 0.330 e. The minimum atomic E-state index is -0.793. The number of rotatable bonds is 4. The summed E-state index contributed by atoms with van der Waals surface area (Å²) in [7, 11) is 0.